The first-order valence-corrected chi connectivity index (χ1v) is 9.27. The third kappa shape index (κ3) is 2.90. The summed E-state index contributed by atoms with van der Waals surface area (Å²) in [6, 6.07) is 2.55. The van der Waals surface area contributed by atoms with Crippen LogP contribution in [-0.4, -0.2) is 39.3 Å². The van der Waals surface area contributed by atoms with E-state index in [0.717, 1.165) is 25.1 Å². The predicted octanol–water partition coefficient (Wildman–Crippen LogP) is 3.08. The van der Waals surface area contributed by atoms with Gasteiger partial charge in [0.25, 0.3) is 0 Å². The Balaban J connectivity index is 1.51. The van der Waals surface area contributed by atoms with Gasteiger partial charge in [0.15, 0.2) is 0 Å². The van der Waals surface area contributed by atoms with Crippen LogP contribution >= 0.6 is 0 Å². The number of aromatic nitrogens is 2. The summed E-state index contributed by atoms with van der Waals surface area (Å²) in [5.41, 5.74) is 0.986. The number of hydrogen-bond donors (Lipinski definition) is 0. The predicted molar refractivity (Wildman–Crippen MR) is 91.4 cm³/mol. The molecule has 0 aromatic carbocycles. The highest BCUT2D eigenvalue weighted by Gasteiger charge is 2.44. The number of nitrogens with zero attached hydrogens (tertiary/aromatic N) is 3. The van der Waals surface area contributed by atoms with E-state index in [2.05, 4.69) is 16.4 Å². The Morgan fingerprint density at radius 2 is 2.33 bits per heavy atom. The summed E-state index contributed by atoms with van der Waals surface area (Å²) in [5.74, 6) is 0.670. The largest absolute Gasteiger partial charge is 0.373 e. The van der Waals surface area contributed by atoms with Crippen molar-refractivity contribution in [1.29, 1.82) is 0 Å². The van der Waals surface area contributed by atoms with Crippen LogP contribution in [0.3, 0.4) is 0 Å². The number of fused-ring (bicyclic) bond motifs is 2. The van der Waals surface area contributed by atoms with Gasteiger partial charge >= 0.3 is 0 Å². The van der Waals surface area contributed by atoms with E-state index in [1.165, 1.54) is 38.2 Å². The lowest BCUT2D eigenvalue weighted by Crippen LogP contribution is -2.46. The SMILES string of the molecule is C=CC(=O)N(Cc1ccnn1C1CCC1)CC12CCCC(CO1)C2. The van der Waals surface area contributed by atoms with E-state index in [4.69, 9.17) is 4.74 Å². The Morgan fingerprint density at radius 1 is 1.46 bits per heavy atom. The molecule has 2 heterocycles. The smallest absolute Gasteiger partial charge is 0.246 e. The van der Waals surface area contributed by atoms with E-state index in [9.17, 15) is 4.79 Å². The standard InChI is InChI=1S/C19H27N3O2/c1-2-18(23)21(14-19-9-4-5-15(11-19)13-24-19)12-17-8-10-20-22(17)16-6-3-7-16/h2,8,10,15-16H,1,3-7,9,11-14H2. The summed E-state index contributed by atoms with van der Waals surface area (Å²) < 4.78 is 8.28. The Hall–Kier alpha value is -1.62. The summed E-state index contributed by atoms with van der Waals surface area (Å²) in [4.78, 5) is 14.4. The average molecular weight is 329 g/mol. The van der Waals surface area contributed by atoms with Crippen molar-refractivity contribution >= 4 is 5.91 Å². The fourth-order valence-corrected chi connectivity index (χ4v) is 4.51. The van der Waals surface area contributed by atoms with Gasteiger partial charge in [-0.1, -0.05) is 13.0 Å². The molecule has 4 rings (SSSR count). The molecule has 3 aliphatic rings. The molecule has 130 valence electrons. The van der Waals surface area contributed by atoms with Gasteiger partial charge in [0, 0.05) is 6.20 Å². The van der Waals surface area contributed by atoms with E-state index in [1.807, 2.05) is 17.2 Å². The molecule has 3 fully saturated rings. The number of rotatable bonds is 6. The van der Waals surface area contributed by atoms with Gasteiger partial charge in [-0.15, -0.1) is 0 Å². The van der Waals surface area contributed by atoms with Crippen LogP contribution in [0.5, 0.6) is 0 Å². The van der Waals surface area contributed by atoms with Crippen LogP contribution in [0, 0.1) is 5.92 Å². The molecule has 24 heavy (non-hydrogen) atoms. The number of ether oxygens (including phenoxy) is 1. The normalized spacial score (nSPS) is 29.2. The molecule has 0 N–H and O–H groups in total. The highest BCUT2D eigenvalue weighted by Crippen LogP contribution is 2.42. The van der Waals surface area contributed by atoms with Crippen LogP contribution in [0.2, 0.25) is 0 Å². The van der Waals surface area contributed by atoms with E-state index < -0.39 is 0 Å². The van der Waals surface area contributed by atoms with E-state index >= 15 is 0 Å². The molecule has 0 spiro atoms. The first-order chi connectivity index (χ1) is 11.7. The first kappa shape index (κ1) is 15.9. The van der Waals surface area contributed by atoms with Gasteiger partial charge in [-0.3, -0.25) is 9.48 Å². The molecule has 2 bridgehead atoms. The summed E-state index contributed by atoms with van der Waals surface area (Å²) in [5, 5.41) is 4.49. The quantitative estimate of drug-likeness (QED) is 0.754. The van der Waals surface area contributed by atoms with Crippen LogP contribution in [0.15, 0.2) is 24.9 Å². The second kappa shape index (κ2) is 6.36. The monoisotopic (exact) mass is 329 g/mol. The second-order valence-corrected chi connectivity index (χ2v) is 7.71. The molecule has 2 saturated carbocycles. The topological polar surface area (TPSA) is 47.4 Å². The summed E-state index contributed by atoms with van der Waals surface area (Å²) in [6.07, 6.45) is 11.6. The van der Waals surface area contributed by atoms with Crippen LogP contribution in [0.4, 0.5) is 0 Å². The summed E-state index contributed by atoms with van der Waals surface area (Å²) >= 11 is 0. The van der Waals surface area contributed by atoms with E-state index in [-0.39, 0.29) is 11.5 Å². The van der Waals surface area contributed by atoms with Gasteiger partial charge in [-0.25, -0.2) is 0 Å². The number of hydrogen-bond acceptors (Lipinski definition) is 3. The molecular formula is C19H27N3O2. The molecule has 5 heteroatoms. The van der Waals surface area contributed by atoms with Crippen molar-refractivity contribution in [3.8, 4) is 0 Å². The van der Waals surface area contributed by atoms with Crippen LogP contribution in [-0.2, 0) is 16.1 Å². The maximum atomic E-state index is 12.5. The maximum absolute atomic E-state index is 12.5. The third-order valence-corrected chi connectivity index (χ3v) is 6.02. The first-order valence-electron chi connectivity index (χ1n) is 9.27. The molecule has 2 atom stereocenters. The number of carbonyl (C=O) groups excluding carboxylic acids is 1. The summed E-state index contributed by atoms with van der Waals surface area (Å²) in [6.45, 7) is 5.82. The van der Waals surface area contributed by atoms with Gasteiger partial charge < -0.3 is 9.64 Å². The molecular weight excluding hydrogens is 302 g/mol. The Labute approximate surface area is 143 Å². The van der Waals surface area contributed by atoms with Crippen LogP contribution in [0.1, 0.15) is 56.7 Å². The molecule has 1 aromatic rings. The highest BCUT2D eigenvalue weighted by atomic mass is 16.5. The molecule has 1 aliphatic heterocycles. The van der Waals surface area contributed by atoms with Gasteiger partial charge in [-0.05, 0) is 56.6 Å². The van der Waals surface area contributed by atoms with Gasteiger partial charge in [0.2, 0.25) is 5.91 Å². The number of amides is 1. The zero-order valence-electron chi connectivity index (χ0n) is 14.3. The lowest BCUT2D eigenvalue weighted by molar-refractivity contribution is -0.131. The van der Waals surface area contributed by atoms with Crippen molar-refractivity contribution in [2.75, 3.05) is 13.2 Å². The Morgan fingerprint density at radius 3 is 3.08 bits per heavy atom. The highest BCUT2D eigenvalue weighted by molar-refractivity contribution is 5.87. The lowest BCUT2D eigenvalue weighted by atomic mass is 9.81. The van der Waals surface area contributed by atoms with Crippen molar-refractivity contribution in [3.63, 3.8) is 0 Å². The van der Waals surface area contributed by atoms with E-state index in [0.29, 0.717) is 25.0 Å². The second-order valence-electron chi connectivity index (χ2n) is 7.71. The minimum Gasteiger partial charge on any atom is -0.373 e. The van der Waals surface area contributed by atoms with Crippen molar-refractivity contribution in [2.24, 2.45) is 5.92 Å². The average Bonchev–Trinajstić information content (AvgIpc) is 3.09. The van der Waals surface area contributed by atoms with Crippen LogP contribution in [0.25, 0.3) is 0 Å². The minimum absolute atomic E-state index is 0.0108. The van der Waals surface area contributed by atoms with Gasteiger partial charge in [-0.2, -0.15) is 5.10 Å². The summed E-state index contributed by atoms with van der Waals surface area (Å²) in [7, 11) is 0. The van der Waals surface area contributed by atoms with Crippen molar-refractivity contribution in [2.45, 2.75) is 63.1 Å². The van der Waals surface area contributed by atoms with Gasteiger partial charge in [0.05, 0.1) is 37.0 Å². The fourth-order valence-electron chi connectivity index (χ4n) is 4.51. The van der Waals surface area contributed by atoms with Gasteiger partial charge in [0.1, 0.15) is 0 Å². The van der Waals surface area contributed by atoms with Crippen molar-refractivity contribution in [1.82, 2.24) is 14.7 Å². The van der Waals surface area contributed by atoms with E-state index in [1.54, 1.807) is 0 Å². The molecule has 2 aliphatic carbocycles. The lowest BCUT2D eigenvalue weighted by Gasteiger charge is -2.37. The molecule has 5 nitrogen and oxygen atoms in total. The molecule has 1 amide bonds. The zero-order valence-corrected chi connectivity index (χ0v) is 14.3. The minimum atomic E-state index is -0.136. The Bertz CT molecular complexity index is 618. The van der Waals surface area contributed by atoms with Crippen LogP contribution < -0.4 is 0 Å². The molecule has 1 aromatic heterocycles. The zero-order chi connectivity index (χ0) is 16.6. The Kier molecular flexibility index (Phi) is 4.21. The molecule has 2 unspecified atom stereocenters. The van der Waals surface area contributed by atoms with Crippen molar-refractivity contribution in [3.05, 3.63) is 30.6 Å². The molecule has 1 saturated heterocycles. The molecule has 0 radical (unpaired) electrons. The maximum Gasteiger partial charge on any atom is 0.246 e. The fraction of sp³-hybridized carbons (Fsp3) is 0.684. The van der Waals surface area contributed by atoms with Crippen molar-refractivity contribution < 1.29 is 9.53 Å². The third-order valence-electron chi connectivity index (χ3n) is 6.02. The number of carbonyl (C=O) groups is 1.